The molecule has 0 saturated heterocycles. The molecule has 2 aromatic carbocycles. The van der Waals surface area contributed by atoms with Crippen molar-refractivity contribution in [1.82, 2.24) is 0 Å². The maximum Gasteiger partial charge on any atom is 0.303 e. The quantitative estimate of drug-likeness (QED) is 0.281. The molecule has 0 spiro atoms. The highest BCUT2D eigenvalue weighted by Crippen LogP contribution is 2.49. The van der Waals surface area contributed by atoms with Gasteiger partial charge in [-0.25, -0.2) is 0 Å². The molecule has 2 fully saturated rings. The Morgan fingerprint density at radius 3 is 2.83 bits per heavy atom. The molecule has 2 saturated carbocycles. The molecule has 0 unspecified atom stereocenters. The number of allylic oxidation sites excluding steroid dienone is 2. The van der Waals surface area contributed by atoms with Crippen LogP contribution >= 0.6 is 0 Å². The Labute approximate surface area is 177 Å². The first-order valence-electron chi connectivity index (χ1n) is 10.8. The second kappa shape index (κ2) is 9.43. The van der Waals surface area contributed by atoms with Gasteiger partial charge >= 0.3 is 5.97 Å². The number of fused-ring (bicyclic) bond motifs is 2. The van der Waals surface area contributed by atoms with Gasteiger partial charge in [0.25, 0.3) is 0 Å². The van der Waals surface area contributed by atoms with E-state index >= 15 is 0 Å². The van der Waals surface area contributed by atoms with Gasteiger partial charge in [-0.3, -0.25) is 4.79 Å². The Morgan fingerprint density at radius 1 is 1.17 bits per heavy atom. The lowest BCUT2D eigenvalue weighted by Crippen LogP contribution is -2.20. The van der Waals surface area contributed by atoms with Gasteiger partial charge in [0.1, 0.15) is 6.61 Å². The summed E-state index contributed by atoms with van der Waals surface area (Å²) in [7, 11) is 0. The van der Waals surface area contributed by atoms with Gasteiger partial charge in [-0.1, -0.05) is 53.2 Å². The summed E-state index contributed by atoms with van der Waals surface area (Å²) in [5, 5.41) is 25.8. The van der Waals surface area contributed by atoms with Gasteiger partial charge in [0.2, 0.25) is 0 Å². The summed E-state index contributed by atoms with van der Waals surface area (Å²) in [6, 6.07) is 14.5. The van der Waals surface area contributed by atoms with Crippen LogP contribution in [-0.2, 0) is 16.2 Å². The second-order valence-electron chi connectivity index (χ2n) is 8.57. The number of aliphatic carboxylic acids is 1. The van der Waals surface area contributed by atoms with Gasteiger partial charge in [0, 0.05) is 18.6 Å². The first-order chi connectivity index (χ1) is 14.6. The zero-order chi connectivity index (χ0) is 20.9. The highest BCUT2D eigenvalue weighted by molar-refractivity contribution is 5.82. The number of unbranched alkanes of at least 4 members (excludes halogenated alkanes) is 1. The van der Waals surface area contributed by atoms with Crippen molar-refractivity contribution in [2.24, 2.45) is 22.9 Å². The number of rotatable bonds is 8. The number of aliphatic hydroxyl groups is 1. The lowest BCUT2D eigenvalue weighted by atomic mass is 9.92. The molecule has 4 atom stereocenters. The Bertz CT molecular complexity index is 951. The number of hydrogen-bond donors (Lipinski definition) is 2. The molecule has 0 aromatic heterocycles. The van der Waals surface area contributed by atoms with Crippen LogP contribution in [0.4, 0.5) is 0 Å². The molecule has 158 valence electrons. The average Bonchev–Trinajstić information content (AvgIpc) is 3.25. The SMILES string of the molecule is O=C(O)CCC/C=C1/C[C@H]2C[C@@H](O)[C@H](/C=N/OCc3ccc4ccccc4c3)[C@H]2C1. The topological polar surface area (TPSA) is 79.1 Å². The maximum absolute atomic E-state index is 10.6. The molecule has 2 aliphatic carbocycles. The lowest BCUT2D eigenvalue weighted by Gasteiger charge is -2.15. The van der Waals surface area contributed by atoms with Crippen molar-refractivity contribution in [2.75, 3.05) is 0 Å². The minimum atomic E-state index is -0.736. The van der Waals surface area contributed by atoms with Crippen LogP contribution < -0.4 is 0 Å². The van der Waals surface area contributed by atoms with E-state index in [4.69, 9.17) is 9.94 Å². The third kappa shape index (κ3) is 4.90. The van der Waals surface area contributed by atoms with Crippen molar-refractivity contribution in [3.63, 3.8) is 0 Å². The van der Waals surface area contributed by atoms with Crippen LogP contribution in [0.1, 0.15) is 44.1 Å². The first-order valence-corrected chi connectivity index (χ1v) is 10.8. The molecule has 0 amide bonds. The minimum Gasteiger partial charge on any atom is -0.481 e. The van der Waals surface area contributed by atoms with Crippen molar-refractivity contribution in [2.45, 2.75) is 51.2 Å². The second-order valence-corrected chi connectivity index (χ2v) is 8.57. The van der Waals surface area contributed by atoms with Gasteiger partial charge in [-0.2, -0.15) is 0 Å². The van der Waals surface area contributed by atoms with Gasteiger partial charge in [-0.05, 0) is 66.3 Å². The van der Waals surface area contributed by atoms with E-state index in [0.29, 0.717) is 24.9 Å². The number of carboxylic acids is 1. The Hall–Kier alpha value is -2.66. The smallest absolute Gasteiger partial charge is 0.303 e. The van der Waals surface area contributed by atoms with E-state index in [1.165, 1.54) is 16.3 Å². The highest BCUT2D eigenvalue weighted by atomic mass is 16.6. The molecule has 2 N–H and O–H groups in total. The number of carboxylic acid groups (broad SMARTS) is 1. The number of benzene rings is 2. The van der Waals surface area contributed by atoms with E-state index in [1.807, 2.05) is 12.1 Å². The summed E-state index contributed by atoms with van der Waals surface area (Å²) in [5.74, 6) is 0.178. The van der Waals surface area contributed by atoms with E-state index in [2.05, 4.69) is 41.6 Å². The van der Waals surface area contributed by atoms with Crippen molar-refractivity contribution in [3.05, 3.63) is 59.7 Å². The van der Waals surface area contributed by atoms with Crippen molar-refractivity contribution < 1.29 is 19.8 Å². The minimum absolute atomic E-state index is 0.0246. The molecule has 30 heavy (non-hydrogen) atoms. The fourth-order valence-corrected chi connectivity index (χ4v) is 4.99. The Kier molecular flexibility index (Phi) is 6.48. The predicted molar refractivity (Wildman–Crippen MR) is 117 cm³/mol. The van der Waals surface area contributed by atoms with Crippen LogP contribution in [0.2, 0.25) is 0 Å². The zero-order valence-electron chi connectivity index (χ0n) is 17.1. The average molecular weight is 408 g/mol. The number of aliphatic hydroxyl groups excluding tert-OH is 1. The number of nitrogens with zero attached hydrogens (tertiary/aromatic N) is 1. The monoisotopic (exact) mass is 407 g/mol. The van der Waals surface area contributed by atoms with E-state index in [1.54, 1.807) is 6.21 Å². The number of hydrogen-bond acceptors (Lipinski definition) is 4. The van der Waals surface area contributed by atoms with Crippen LogP contribution in [0.15, 0.2) is 59.3 Å². The third-order valence-corrected chi connectivity index (χ3v) is 6.49. The Balaban J connectivity index is 1.29. The zero-order valence-corrected chi connectivity index (χ0v) is 17.1. The van der Waals surface area contributed by atoms with Crippen LogP contribution in [0.5, 0.6) is 0 Å². The van der Waals surface area contributed by atoms with Crippen LogP contribution in [0.3, 0.4) is 0 Å². The predicted octanol–water partition coefficient (Wildman–Crippen LogP) is 4.93. The molecule has 5 heteroatoms. The van der Waals surface area contributed by atoms with E-state index in [-0.39, 0.29) is 18.4 Å². The fraction of sp³-hybridized carbons (Fsp3) is 0.440. The third-order valence-electron chi connectivity index (χ3n) is 6.49. The molecule has 2 aromatic rings. The molecule has 0 bridgehead atoms. The standard InChI is InChI=1S/C25H29NO4/c27-24-14-21-11-17(5-1-4-8-25(28)29)13-22(21)23(24)15-26-30-16-18-9-10-19-6-2-3-7-20(19)12-18/h2-3,5-7,9-10,12,15,21-24,27H,1,4,8,11,13-14,16H2,(H,28,29)/b17-5-,26-15+/t21-,22-,23+,24+/m0/s1. The first kappa shape index (κ1) is 20.6. The molecule has 5 nitrogen and oxygen atoms in total. The van der Waals surface area contributed by atoms with Crippen molar-refractivity contribution in [1.29, 1.82) is 0 Å². The molecule has 4 rings (SSSR count). The van der Waals surface area contributed by atoms with E-state index < -0.39 is 5.97 Å². The van der Waals surface area contributed by atoms with E-state index in [9.17, 15) is 9.90 Å². The van der Waals surface area contributed by atoms with Gasteiger partial charge < -0.3 is 15.1 Å². The van der Waals surface area contributed by atoms with Crippen LogP contribution in [-0.4, -0.2) is 28.5 Å². The highest BCUT2D eigenvalue weighted by Gasteiger charge is 2.45. The fourth-order valence-electron chi connectivity index (χ4n) is 4.99. The van der Waals surface area contributed by atoms with Crippen molar-refractivity contribution in [3.8, 4) is 0 Å². The van der Waals surface area contributed by atoms with Gasteiger partial charge in [0.05, 0.1) is 6.10 Å². The molecule has 0 aliphatic heterocycles. The summed E-state index contributed by atoms with van der Waals surface area (Å²) in [4.78, 5) is 16.2. The molecular formula is C25H29NO4. The summed E-state index contributed by atoms with van der Waals surface area (Å²) < 4.78 is 0. The Morgan fingerprint density at radius 2 is 2.00 bits per heavy atom. The molecule has 0 radical (unpaired) electrons. The van der Waals surface area contributed by atoms with Crippen LogP contribution in [0, 0.1) is 17.8 Å². The van der Waals surface area contributed by atoms with Crippen LogP contribution in [0.25, 0.3) is 10.8 Å². The summed E-state index contributed by atoms with van der Waals surface area (Å²) >= 11 is 0. The largest absolute Gasteiger partial charge is 0.481 e. The summed E-state index contributed by atoms with van der Waals surface area (Å²) in [6.45, 7) is 0.410. The molecular weight excluding hydrogens is 378 g/mol. The maximum atomic E-state index is 10.6. The van der Waals surface area contributed by atoms with Gasteiger partial charge in [0.15, 0.2) is 0 Å². The summed E-state index contributed by atoms with van der Waals surface area (Å²) in [5.41, 5.74) is 2.47. The normalized spacial score (nSPS) is 27.2. The number of oxime groups is 1. The van der Waals surface area contributed by atoms with E-state index in [0.717, 1.165) is 31.2 Å². The summed E-state index contributed by atoms with van der Waals surface area (Å²) in [6.07, 6.45) is 8.15. The lowest BCUT2D eigenvalue weighted by molar-refractivity contribution is -0.137. The van der Waals surface area contributed by atoms with Crippen molar-refractivity contribution >= 4 is 23.0 Å². The number of carbonyl (C=O) groups is 1. The van der Waals surface area contributed by atoms with Gasteiger partial charge in [-0.15, -0.1) is 0 Å². The molecule has 0 heterocycles. The molecule has 2 aliphatic rings.